The molecule has 1 unspecified atom stereocenters. The van der Waals surface area contributed by atoms with Gasteiger partial charge in [-0.1, -0.05) is 37.5 Å². The molecule has 27 heavy (non-hydrogen) atoms. The van der Waals surface area contributed by atoms with E-state index < -0.39 is 12.1 Å². The SMILES string of the molecule is C=C/C(C#CC(O)CC)=C\C(=C/C)c1nc(C(=O)OC)cc2c1ncn2C. The first-order chi connectivity index (χ1) is 12.9. The summed E-state index contributed by atoms with van der Waals surface area (Å²) in [6.07, 6.45) is 6.80. The number of aromatic nitrogens is 3. The number of esters is 1. The van der Waals surface area contributed by atoms with Crippen LogP contribution in [0.5, 0.6) is 0 Å². The van der Waals surface area contributed by atoms with E-state index in [1.807, 2.05) is 31.5 Å². The third-order valence-electron chi connectivity index (χ3n) is 3.99. The van der Waals surface area contributed by atoms with E-state index in [0.717, 1.165) is 11.1 Å². The van der Waals surface area contributed by atoms with Crippen molar-refractivity contribution in [3.8, 4) is 11.8 Å². The second kappa shape index (κ2) is 8.97. The van der Waals surface area contributed by atoms with Crippen molar-refractivity contribution in [2.75, 3.05) is 7.11 Å². The predicted octanol–water partition coefficient (Wildman–Crippen LogP) is 3.04. The van der Waals surface area contributed by atoms with Crippen LogP contribution in [0, 0.1) is 11.8 Å². The summed E-state index contributed by atoms with van der Waals surface area (Å²) in [5, 5.41) is 9.65. The van der Waals surface area contributed by atoms with Gasteiger partial charge >= 0.3 is 5.97 Å². The minimum atomic E-state index is -0.689. The van der Waals surface area contributed by atoms with Crippen molar-refractivity contribution >= 4 is 22.6 Å². The maximum Gasteiger partial charge on any atom is 0.356 e. The predicted molar refractivity (Wildman–Crippen MR) is 106 cm³/mol. The van der Waals surface area contributed by atoms with E-state index in [1.54, 1.807) is 24.5 Å². The van der Waals surface area contributed by atoms with Crippen LogP contribution in [0.4, 0.5) is 0 Å². The molecule has 0 aliphatic carbocycles. The van der Waals surface area contributed by atoms with E-state index in [9.17, 15) is 9.90 Å². The number of methoxy groups -OCH3 is 1. The van der Waals surface area contributed by atoms with Crippen LogP contribution in [-0.2, 0) is 11.8 Å². The van der Waals surface area contributed by atoms with Crippen molar-refractivity contribution in [1.82, 2.24) is 14.5 Å². The van der Waals surface area contributed by atoms with Crippen LogP contribution < -0.4 is 0 Å². The topological polar surface area (TPSA) is 77.2 Å². The second-order valence-electron chi connectivity index (χ2n) is 5.81. The standard InChI is InChI=1S/C21H23N3O3/c1-6-14(9-10-16(25)8-3)11-15(7-2)19-20-18(24(4)13-22-20)12-17(23-19)21(26)27-5/h6-7,11-13,16,25H,1,8H2,2-5H3/b14-11+,15-7+. The van der Waals surface area contributed by atoms with E-state index in [4.69, 9.17) is 4.74 Å². The van der Waals surface area contributed by atoms with E-state index in [2.05, 4.69) is 28.4 Å². The zero-order valence-corrected chi connectivity index (χ0v) is 16.0. The van der Waals surface area contributed by atoms with Crippen molar-refractivity contribution in [3.63, 3.8) is 0 Å². The number of carbonyl (C=O) groups excluding carboxylic acids is 1. The zero-order chi connectivity index (χ0) is 20.0. The molecule has 140 valence electrons. The Morgan fingerprint density at radius 3 is 2.85 bits per heavy atom. The summed E-state index contributed by atoms with van der Waals surface area (Å²) in [5.74, 6) is 5.16. The van der Waals surface area contributed by atoms with Crippen LogP contribution in [0.15, 0.2) is 42.8 Å². The summed E-state index contributed by atoms with van der Waals surface area (Å²) < 4.78 is 6.63. The number of hydrogen-bond acceptors (Lipinski definition) is 5. The maximum absolute atomic E-state index is 12.0. The molecule has 0 fully saturated rings. The monoisotopic (exact) mass is 365 g/mol. The van der Waals surface area contributed by atoms with Crippen LogP contribution in [0.3, 0.4) is 0 Å². The molecule has 2 aromatic rings. The number of nitrogens with zero attached hydrogens (tertiary/aromatic N) is 3. The fourth-order valence-corrected chi connectivity index (χ4v) is 2.41. The third kappa shape index (κ3) is 4.52. The number of imidazole rings is 1. The number of ether oxygens (including phenoxy) is 1. The lowest BCUT2D eigenvalue weighted by Crippen LogP contribution is -2.07. The van der Waals surface area contributed by atoms with E-state index in [1.165, 1.54) is 7.11 Å². The molecule has 0 aromatic carbocycles. The summed E-state index contributed by atoms with van der Waals surface area (Å²) in [5.41, 5.74) is 3.54. The Balaban J connectivity index is 2.63. The first-order valence-electron chi connectivity index (χ1n) is 8.55. The second-order valence-corrected chi connectivity index (χ2v) is 5.81. The highest BCUT2D eigenvalue weighted by Crippen LogP contribution is 2.25. The summed E-state index contributed by atoms with van der Waals surface area (Å²) in [4.78, 5) is 20.9. The van der Waals surface area contributed by atoms with Gasteiger partial charge in [-0.2, -0.15) is 0 Å². The van der Waals surface area contributed by atoms with Crippen molar-refractivity contribution in [1.29, 1.82) is 0 Å². The Labute approximate surface area is 158 Å². The lowest BCUT2D eigenvalue weighted by atomic mass is 10.1. The molecular weight excluding hydrogens is 342 g/mol. The molecule has 0 saturated carbocycles. The molecule has 6 heteroatoms. The highest BCUT2D eigenvalue weighted by molar-refractivity contribution is 5.96. The molecule has 2 rings (SSSR count). The van der Waals surface area contributed by atoms with Gasteiger partial charge in [0.25, 0.3) is 0 Å². The molecule has 0 radical (unpaired) electrons. The molecule has 0 aliphatic rings. The fraction of sp³-hybridized carbons (Fsp3) is 0.286. The number of carbonyl (C=O) groups is 1. The van der Waals surface area contributed by atoms with Crippen LogP contribution >= 0.6 is 0 Å². The van der Waals surface area contributed by atoms with Gasteiger partial charge in [-0.15, -0.1) is 0 Å². The summed E-state index contributed by atoms with van der Waals surface area (Å²) in [6.45, 7) is 7.50. The van der Waals surface area contributed by atoms with E-state index in [0.29, 0.717) is 23.2 Å². The van der Waals surface area contributed by atoms with Gasteiger partial charge < -0.3 is 14.4 Å². The maximum atomic E-state index is 12.0. The molecule has 0 aliphatic heterocycles. The minimum Gasteiger partial charge on any atom is -0.464 e. The number of aryl methyl sites for hydroxylation is 1. The van der Waals surface area contributed by atoms with Gasteiger partial charge in [0, 0.05) is 12.6 Å². The van der Waals surface area contributed by atoms with E-state index >= 15 is 0 Å². The lowest BCUT2D eigenvalue weighted by molar-refractivity contribution is 0.0594. The zero-order valence-electron chi connectivity index (χ0n) is 16.0. The Hall–Kier alpha value is -3.17. The average Bonchev–Trinajstić information content (AvgIpc) is 3.07. The van der Waals surface area contributed by atoms with Gasteiger partial charge in [-0.25, -0.2) is 14.8 Å². The molecule has 0 bridgehead atoms. The normalized spacial score (nSPS) is 13.1. The molecule has 0 amide bonds. The van der Waals surface area contributed by atoms with Gasteiger partial charge in [0.05, 0.1) is 24.6 Å². The molecule has 1 N–H and O–H groups in total. The quantitative estimate of drug-likeness (QED) is 0.501. The van der Waals surface area contributed by atoms with Crippen LogP contribution in [0.25, 0.3) is 16.6 Å². The van der Waals surface area contributed by atoms with Gasteiger partial charge in [0.1, 0.15) is 11.6 Å². The molecular formula is C21H23N3O3. The first kappa shape index (κ1) is 20.1. The Kier molecular flexibility index (Phi) is 6.69. The fourth-order valence-electron chi connectivity index (χ4n) is 2.41. The van der Waals surface area contributed by atoms with Gasteiger partial charge in [-0.3, -0.25) is 0 Å². The van der Waals surface area contributed by atoms with Crippen molar-refractivity contribution in [2.24, 2.45) is 7.05 Å². The van der Waals surface area contributed by atoms with Crippen LogP contribution in [0.2, 0.25) is 0 Å². The smallest absolute Gasteiger partial charge is 0.356 e. The summed E-state index contributed by atoms with van der Waals surface area (Å²) in [6, 6.07) is 1.65. The molecule has 2 aromatic heterocycles. The summed E-state index contributed by atoms with van der Waals surface area (Å²) >= 11 is 0. The first-order valence-corrected chi connectivity index (χ1v) is 8.55. The highest BCUT2D eigenvalue weighted by atomic mass is 16.5. The van der Waals surface area contributed by atoms with Crippen molar-refractivity contribution in [2.45, 2.75) is 26.4 Å². The van der Waals surface area contributed by atoms with Crippen LogP contribution in [-0.4, -0.2) is 38.8 Å². The molecule has 0 spiro atoms. The van der Waals surface area contributed by atoms with Gasteiger partial charge in [0.2, 0.25) is 0 Å². The Morgan fingerprint density at radius 1 is 1.52 bits per heavy atom. The van der Waals surface area contributed by atoms with Gasteiger partial charge in [0.15, 0.2) is 5.69 Å². The number of allylic oxidation sites excluding steroid dienone is 5. The Morgan fingerprint density at radius 2 is 2.26 bits per heavy atom. The Bertz CT molecular complexity index is 987. The number of pyridine rings is 1. The number of aliphatic hydroxyl groups excluding tert-OH is 1. The highest BCUT2D eigenvalue weighted by Gasteiger charge is 2.17. The number of hydrogen-bond donors (Lipinski definition) is 1. The van der Waals surface area contributed by atoms with Crippen molar-refractivity contribution in [3.05, 3.63) is 54.2 Å². The molecule has 0 saturated heterocycles. The number of aliphatic hydroxyl groups is 1. The number of fused-ring (bicyclic) bond motifs is 1. The largest absolute Gasteiger partial charge is 0.464 e. The average molecular weight is 365 g/mol. The molecule has 6 nitrogen and oxygen atoms in total. The van der Waals surface area contributed by atoms with Gasteiger partial charge in [-0.05, 0) is 31.1 Å². The molecule has 2 heterocycles. The minimum absolute atomic E-state index is 0.198. The van der Waals surface area contributed by atoms with E-state index in [-0.39, 0.29) is 5.69 Å². The third-order valence-corrected chi connectivity index (χ3v) is 3.99. The molecule has 1 atom stereocenters. The lowest BCUT2D eigenvalue weighted by Gasteiger charge is -2.07. The number of rotatable bonds is 5. The van der Waals surface area contributed by atoms with Crippen LogP contribution in [0.1, 0.15) is 36.5 Å². The van der Waals surface area contributed by atoms with Crippen molar-refractivity contribution < 1.29 is 14.6 Å². The summed E-state index contributed by atoms with van der Waals surface area (Å²) in [7, 11) is 3.16.